The van der Waals surface area contributed by atoms with Crippen molar-refractivity contribution in [3.63, 3.8) is 0 Å². The van der Waals surface area contributed by atoms with Crippen LogP contribution < -0.4 is 0 Å². The van der Waals surface area contributed by atoms with Crippen molar-refractivity contribution in [3.05, 3.63) is 15.3 Å². The van der Waals surface area contributed by atoms with Crippen LogP contribution in [0.3, 0.4) is 0 Å². The monoisotopic (exact) mass is 144 g/mol. The Labute approximate surface area is 57.8 Å². The van der Waals surface area contributed by atoms with E-state index in [1.165, 1.54) is 0 Å². The zero-order valence-corrected chi connectivity index (χ0v) is 5.43. The molecule has 0 radical (unpaired) electrons. The van der Waals surface area contributed by atoms with Gasteiger partial charge in [-0.25, -0.2) is 0 Å². The van der Waals surface area contributed by atoms with Crippen LogP contribution >= 0.6 is 0 Å². The van der Waals surface area contributed by atoms with Crippen molar-refractivity contribution < 1.29 is 4.74 Å². The Morgan fingerprint density at radius 2 is 2.40 bits per heavy atom. The van der Waals surface area contributed by atoms with Crippen LogP contribution in [0.25, 0.3) is 10.4 Å². The van der Waals surface area contributed by atoms with Crippen molar-refractivity contribution in [2.75, 3.05) is 19.9 Å². The molecule has 0 saturated heterocycles. The number of rotatable bonds is 6. The third-order valence-corrected chi connectivity index (χ3v) is 0.750. The molecule has 0 atom stereocenters. The average Bonchev–Trinajstić information content (AvgIpc) is 1.97. The first kappa shape index (κ1) is 8.87. The van der Waals surface area contributed by atoms with Gasteiger partial charge in [0.05, 0.1) is 6.54 Å². The second-order valence-electron chi connectivity index (χ2n) is 1.47. The molecule has 0 aliphatic heterocycles. The van der Waals surface area contributed by atoms with Crippen LogP contribution in [0.1, 0.15) is 6.42 Å². The number of ether oxygens (including phenoxy) is 1. The van der Waals surface area contributed by atoms with Crippen LogP contribution in [-0.2, 0) is 4.74 Å². The molecule has 0 aromatic carbocycles. The van der Waals surface area contributed by atoms with Gasteiger partial charge in [-0.05, 0) is 12.0 Å². The highest BCUT2D eigenvalue weighted by atomic mass is 16.5. The van der Waals surface area contributed by atoms with Gasteiger partial charge >= 0.3 is 0 Å². The first-order valence-corrected chi connectivity index (χ1v) is 2.79. The topological polar surface area (TPSA) is 87.4 Å². The van der Waals surface area contributed by atoms with Crippen molar-refractivity contribution in [2.45, 2.75) is 6.42 Å². The molecule has 0 heterocycles. The van der Waals surface area contributed by atoms with Gasteiger partial charge in [0.25, 0.3) is 0 Å². The highest BCUT2D eigenvalue weighted by molar-refractivity contribution is 4.41. The Morgan fingerprint density at radius 3 is 3.00 bits per heavy atom. The summed E-state index contributed by atoms with van der Waals surface area (Å²) >= 11 is 0. The Morgan fingerprint density at radius 1 is 1.60 bits per heavy atom. The van der Waals surface area contributed by atoms with Crippen LogP contribution in [0.15, 0.2) is 10.3 Å². The minimum absolute atomic E-state index is 0.0232. The fourth-order valence-corrected chi connectivity index (χ4v) is 0.362. The maximum absolute atomic E-state index is 9.51. The fourth-order valence-electron chi connectivity index (χ4n) is 0.362. The second kappa shape index (κ2) is 7.87. The van der Waals surface area contributed by atoms with E-state index in [-0.39, 0.29) is 13.3 Å². The van der Waals surface area contributed by atoms with Crippen LogP contribution in [0.5, 0.6) is 0 Å². The van der Waals surface area contributed by atoms with Crippen molar-refractivity contribution in [1.82, 2.24) is 0 Å². The van der Waals surface area contributed by atoms with Gasteiger partial charge in [0.1, 0.15) is 6.73 Å². The van der Waals surface area contributed by atoms with Crippen molar-refractivity contribution >= 4 is 0 Å². The van der Waals surface area contributed by atoms with Gasteiger partial charge in [0.2, 0.25) is 0 Å². The van der Waals surface area contributed by atoms with Gasteiger partial charge in [-0.1, -0.05) is 10.3 Å². The largest absolute Gasteiger partial charge is 0.375 e. The number of azide groups is 1. The van der Waals surface area contributed by atoms with Gasteiger partial charge < -0.3 is 4.74 Å². The van der Waals surface area contributed by atoms with Gasteiger partial charge in [-0.3, -0.25) is 0 Å². The molecule has 0 amide bonds. The summed E-state index contributed by atoms with van der Waals surface area (Å²) < 4.78 is 4.76. The van der Waals surface area contributed by atoms with Crippen molar-refractivity contribution in [3.8, 4) is 0 Å². The van der Waals surface area contributed by atoms with Gasteiger partial charge in [-0.15, -0.1) is 0 Å². The number of nitrogens with zero attached hydrogens (tertiary/aromatic N) is 4. The van der Waals surface area contributed by atoms with E-state index in [0.717, 1.165) is 0 Å². The normalized spacial score (nSPS) is 8.40. The summed E-state index contributed by atoms with van der Waals surface area (Å²) in [6, 6.07) is 0. The molecule has 0 aromatic rings. The van der Waals surface area contributed by atoms with Gasteiger partial charge in [0, 0.05) is 11.5 Å². The predicted octanol–water partition coefficient (Wildman–Crippen LogP) is 1.43. The lowest BCUT2D eigenvalue weighted by molar-refractivity contribution is 0.140. The van der Waals surface area contributed by atoms with E-state index in [1.54, 1.807) is 0 Å². The molecule has 56 valence electrons. The molecule has 0 aliphatic rings. The highest BCUT2D eigenvalue weighted by Gasteiger charge is 1.85. The molecule has 0 aromatic heterocycles. The molecule has 0 rings (SSSR count). The van der Waals surface area contributed by atoms with Gasteiger partial charge in [-0.2, -0.15) is 4.91 Å². The summed E-state index contributed by atoms with van der Waals surface area (Å²) in [5.41, 5.74) is 7.78. The van der Waals surface area contributed by atoms with E-state index in [9.17, 15) is 4.91 Å². The second-order valence-corrected chi connectivity index (χ2v) is 1.47. The quantitative estimate of drug-likeness (QED) is 0.185. The molecule has 0 saturated carbocycles. The SMILES string of the molecule is [N-]=[N+]=NCOCCCN=O. The molecular formula is C4H8N4O2. The zero-order valence-electron chi connectivity index (χ0n) is 5.43. The number of hydrogen-bond acceptors (Lipinski definition) is 4. The van der Waals surface area contributed by atoms with Gasteiger partial charge in [0.15, 0.2) is 0 Å². The van der Waals surface area contributed by atoms with Crippen LogP contribution in [0.4, 0.5) is 0 Å². The van der Waals surface area contributed by atoms with Crippen molar-refractivity contribution in [2.24, 2.45) is 10.3 Å². The lowest BCUT2D eigenvalue weighted by Gasteiger charge is -1.94. The molecule has 6 heteroatoms. The Balaban J connectivity index is 2.90. The predicted molar refractivity (Wildman–Crippen MR) is 35.2 cm³/mol. The summed E-state index contributed by atoms with van der Waals surface area (Å²) in [5.74, 6) is 0. The Kier molecular flexibility index (Phi) is 6.98. The summed E-state index contributed by atoms with van der Waals surface area (Å²) in [7, 11) is 0. The van der Waals surface area contributed by atoms with E-state index < -0.39 is 0 Å². The Hall–Kier alpha value is -1.13. The van der Waals surface area contributed by atoms with E-state index in [1.807, 2.05) is 0 Å². The minimum Gasteiger partial charge on any atom is -0.375 e. The molecule has 0 fully saturated rings. The molecule has 6 nitrogen and oxygen atoms in total. The van der Waals surface area contributed by atoms with Crippen LogP contribution in [0, 0.1) is 4.91 Å². The fraction of sp³-hybridized carbons (Fsp3) is 1.00. The molecule has 0 N–H and O–H groups in total. The van der Waals surface area contributed by atoms with E-state index >= 15 is 0 Å². The zero-order chi connectivity index (χ0) is 7.66. The highest BCUT2D eigenvalue weighted by Crippen LogP contribution is 1.83. The number of nitroso groups, excluding NO2 is 1. The summed E-state index contributed by atoms with van der Waals surface area (Å²) in [5, 5.41) is 5.74. The van der Waals surface area contributed by atoms with Crippen LogP contribution in [-0.4, -0.2) is 19.9 Å². The average molecular weight is 144 g/mol. The summed E-state index contributed by atoms with van der Waals surface area (Å²) in [4.78, 5) is 12.0. The first-order valence-electron chi connectivity index (χ1n) is 2.79. The van der Waals surface area contributed by atoms with E-state index in [4.69, 9.17) is 10.3 Å². The van der Waals surface area contributed by atoms with Crippen LogP contribution in [0.2, 0.25) is 0 Å². The summed E-state index contributed by atoms with van der Waals surface area (Å²) in [6.45, 7) is 0.677. The van der Waals surface area contributed by atoms with E-state index in [2.05, 4.69) is 15.2 Å². The molecule has 0 bridgehead atoms. The lowest BCUT2D eigenvalue weighted by atomic mass is 10.5. The molecule has 10 heavy (non-hydrogen) atoms. The maximum atomic E-state index is 9.51. The standard InChI is InChI=1S/C4H8N4O2/c5-8-6-4-10-3-1-2-7-9/h1-4H2. The summed E-state index contributed by atoms with van der Waals surface area (Å²) in [6.07, 6.45) is 0.574. The number of hydrogen-bond donors (Lipinski definition) is 0. The Bertz CT molecular complexity index is 131. The third kappa shape index (κ3) is 6.87. The smallest absolute Gasteiger partial charge is 0.125 e. The first-order chi connectivity index (χ1) is 4.91. The maximum Gasteiger partial charge on any atom is 0.125 e. The van der Waals surface area contributed by atoms with Crippen molar-refractivity contribution in [1.29, 1.82) is 0 Å². The molecule has 0 spiro atoms. The van der Waals surface area contributed by atoms with E-state index in [0.29, 0.717) is 13.0 Å². The third-order valence-electron chi connectivity index (χ3n) is 0.750. The minimum atomic E-state index is 0.0232. The lowest BCUT2D eigenvalue weighted by Crippen LogP contribution is -1.95. The molecule has 0 unspecified atom stereocenters. The molecular weight excluding hydrogens is 136 g/mol. The molecule has 0 aliphatic carbocycles.